The van der Waals surface area contributed by atoms with E-state index in [1.54, 1.807) is 6.07 Å². The van der Waals surface area contributed by atoms with Crippen LogP contribution in [0.4, 0.5) is 10.2 Å². The van der Waals surface area contributed by atoms with Crippen molar-refractivity contribution >= 4 is 19.2 Å². The molecule has 5 N–H and O–H groups in total. The molecule has 0 bridgehead atoms. The number of fused-ring (bicyclic) bond motifs is 1. The van der Waals surface area contributed by atoms with Gasteiger partial charge >= 0.3 is 7.82 Å². The normalized spacial score (nSPS) is 21.2. The number of aromatic nitrogens is 3. The molecule has 6 atom stereocenters. The average Bonchev–Trinajstić information content (AvgIpc) is 3.74. The molecule has 15 nitrogen and oxygen atoms in total. The number of ether oxygens (including phenoxy) is 3. The number of aliphatic hydroxyl groups is 2. The van der Waals surface area contributed by atoms with Crippen LogP contribution >= 0.6 is 7.82 Å². The number of phosphoric ester groups is 1. The van der Waals surface area contributed by atoms with Crippen molar-refractivity contribution in [3.8, 4) is 12.1 Å². The number of nitrogens with zero attached hydrogens (tertiary/aromatic N) is 5. The predicted molar refractivity (Wildman–Crippen MR) is 204 cm³/mol. The van der Waals surface area contributed by atoms with Crippen LogP contribution in [0.25, 0.3) is 5.52 Å². The van der Waals surface area contributed by atoms with Crippen molar-refractivity contribution in [1.82, 2.24) is 14.6 Å². The van der Waals surface area contributed by atoms with Crippen LogP contribution in [0.15, 0.2) is 36.7 Å². The summed E-state index contributed by atoms with van der Waals surface area (Å²) in [6, 6.07) is 10.7. The molecule has 1 fully saturated rings. The van der Waals surface area contributed by atoms with Gasteiger partial charge in [-0.05, 0) is 36.2 Å². The molecule has 3 heterocycles. The van der Waals surface area contributed by atoms with Gasteiger partial charge in [-0.15, -0.1) is 0 Å². The zero-order valence-electron chi connectivity index (χ0n) is 32.1. The first-order valence-electron chi connectivity index (χ1n) is 19.6. The van der Waals surface area contributed by atoms with Crippen LogP contribution < -0.4 is 5.73 Å². The maximum atomic E-state index is 14.2. The Balaban J connectivity index is 1.23. The number of nitrogens with two attached hydrogens (primary N) is 1. The van der Waals surface area contributed by atoms with Gasteiger partial charge in [-0.2, -0.15) is 15.6 Å². The van der Waals surface area contributed by atoms with Crippen LogP contribution in [0.3, 0.4) is 0 Å². The van der Waals surface area contributed by atoms with Crippen LogP contribution in [0, 0.1) is 28.5 Å². The zero-order valence-corrected chi connectivity index (χ0v) is 33.0. The minimum absolute atomic E-state index is 0.00211. The number of aliphatic hydroxyl groups excluding tert-OH is 2. The number of hydrogen-bond donors (Lipinski definition) is 4. The number of halogens is 1. The van der Waals surface area contributed by atoms with Crippen molar-refractivity contribution in [3.05, 3.63) is 59.3 Å². The van der Waals surface area contributed by atoms with Gasteiger partial charge in [0, 0.05) is 6.61 Å². The van der Waals surface area contributed by atoms with E-state index >= 15 is 0 Å². The highest BCUT2D eigenvalue weighted by Gasteiger charge is 2.58. The molecule has 1 aromatic carbocycles. The second-order valence-corrected chi connectivity index (χ2v) is 15.6. The summed E-state index contributed by atoms with van der Waals surface area (Å²) in [5, 5.41) is 45.0. The third-order valence-electron chi connectivity index (χ3n) is 9.90. The zero-order chi connectivity index (χ0) is 40.4. The lowest BCUT2D eigenvalue weighted by atomic mass is 9.92. The third-order valence-corrected chi connectivity index (χ3v) is 10.8. The highest BCUT2D eigenvalue weighted by atomic mass is 31.2. The molecule has 1 unspecified atom stereocenters. The van der Waals surface area contributed by atoms with E-state index in [2.05, 4.69) is 17.0 Å². The first-order valence-corrected chi connectivity index (χ1v) is 21.1. The molecule has 1 aliphatic heterocycles. The van der Waals surface area contributed by atoms with Gasteiger partial charge in [-0.25, -0.2) is 18.5 Å². The van der Waals surface area contributed by atoms with Crippen molar-refractivity contribution in [1.29, 1.82) is 10.5 Å². The lowest BCUT2D eigenvalue weighted by Gasteiger charge is -2.24. The Kier molecular flexibility index (Phi) is 18.6. The summed E-state index contributed by atoms with van der Waals surface area (Å²) in [5.74, 6) is -0.592. The number of hydrogen-bond acceptors (Lipinski definition) is 13. The van der Waals surface area contributed by atoms with Crippen LogP contribution in [0.2, 0.25) is 0 Å². The van der Waals surface area contributed by atoms with E-state index in [9.17, 15) is 29.3 Å². The molecule has 0 spiro atoms. The van der Waals surface area contributed by atoms with Crippen molar-refractivity contribution in [3.63, 3.8) is 0 Å². The van der Waals surface area contributed by atoms with Gasteiger partial charge < -0.3 is 35.1 Å². The second-order valence-electron chi connectivity index (χ2n) is 14.2. The number of anilines is 1. The van der Waals surface area contributed by atoms with Crippen LogP contribution in [-0.2, 0) is 40.0 Å². The molecule has 308 valence electrons. The topological polar surface area (TPSA) is 228 Å². The van der Waals surface area contributed by atoms with Gasteiger partial charge in [0.1, 0.15) is 54.2 Å². The summed E-state index contributed by atoms with van der Waals surface area (Å²) in [6.45, 7) is 1.38. The van der Waals surface area contributed by atoms with Crippen molar-refractivity contribution in [2.45, 2.75) is 133 Å². The summed E-state index contributed by atoms with van der Waals surface area (Å²) in [7, 11) is -4.82. The summed E-state index contributed by atoms with van der Waals surface area (Å²) >= 11 is 0. The van der Waals surface area contributed by atoms with Gasteiger partial charge in [-0.3, -0.25) is 9.05 Å². The van der Waals surface area contributed by atoms with Crippen LogP contribution in [0.5, 0.6) is 0 Å². The molecule has 1 saturated heterocycles. The van der Waals surface area contributed by atoms with Gasteiger partial charge in [-0.1, -0.05) is 96.5 Å². The highest BCUT2D eigenvalue weighted by molar-refractivity contribution is 7.47. The molecule has 1 aliphatic rings. The van der Waals surface area contributed by atoms with E-state index in [0.717, 1.165) is 25.6 Å². The van der Waals surface area contributed by atoms with Crippen molar-refractivity contribution in [2.24, 2.45) is 0 Å². The Morgan fingerprint density at radius 2 is 1.64 bits per heavy atom. The first kappa shape index (κ1) is 45.2. The quantitative estimate of drug-likeness (QED) is 0.0485. The summed E-state index contributed by atoms with van der Waals surface area (Å²) < 4.78 is 56.3. The number of rotatable bonds is 27. The molecule has 56 heavy (non-hydrogen) atoms. The van der Waals surface area contributed by atoms with Gasteiger partial charge in [0.25, 0.3) is 0 Å². The molecule has 3 aromatic rings. The Hall–Kier alpha value is -3.54. The minimum atomic E-state index is -4.82. The Morgan fingerprint density at radius 3 is 2.27 bits per heavy atom. The number of phosphoric acid groups is 1. The molecule has 0 saturated carbocycles. The Bertz CT molecular complexity index is 1790. The molecule has 4 rings (SSSR count). The lowest BCUT2D eigenvalue weighted by Crippen LogP contribution is -2.41. The van der Waals surface area contributed by atoms with Crippen molar-refractivity contribution in [2.75, 3.05) is 32.2 Å². The fraction of sp³-hybridized carbons (Fsp3) is 0.641. The Morgan fingerprint density at radius 1 is 0.982 bits per heavy atom. The number of benzene rings is 1. The van der Waals surface area contributed by atoms with Crippen LogP contribution in [0.1, 0.15) is 114 Å². The van der Waals surface area contributed by atoms with Gasteiger partial charge in [0.05, 0.1) is 37.7 Å². The van der Waals surface area contributed by atoms with E-state index in [1.807, 2.05) is 6.07 Å². The fourth-order valence-corrected chi connectivity index (χ4v) is 7.41. The van der Waals surface area contributed by atoms with E-state index in [4.69, 9.17) is 34.3 Å². The molecule has 0 amide bonds. The predicted octanol–water partition coefficient (Wildman–Crippen LogP) is 6.38. The van der Waals surface area contributed by atoms with Gasteiger partial charge in [0.2, 0.25) is 5.60 Å². The smallest absolute Gasteiger partial charge is 0.387 e. The number of nitrogen functional groups attached to an aromatic ring is 1. The molecular weight excluding hydrogens is 746 g/mol. The summed E-state index contributed by atoms with van der Waals surface area (Å²) in [5.41, 5.74) is 4.47. The maximum Gasteiger partial charge on any atom is 0.472 e. The fourth-order valence-electron chi connectivity index (χ4n) is 6.64. The largest absolute Gasteiger partial charge is 0.472 e. The molecular formula is C39H56FN6O9P. The molecule has 0 radical (unpaired) electrons. The maximum absolute atomic E-state index is 14.2. The minimum Gasteiger partial charge on any atom is -0.387 e. The monoisotopic (exact) mass is 802 g/mol. The lowest BCUT2D eigenvalue weighted by molar-refractivity contribution is -0.0690. The SMILES string of the molecule is CCCCCCCCCCCCCCCCOC[C@H](COP(=O)(O)OC[C@H]1O[C@@](C#N)(c2ccc3c(N)ncnn23)[C@H](O)[C@@H]1O)OCc1ccc(C#N)c(F)c1. The first-order chi connectivity index (χ1) is 27.0. The number of unbranched alkanes of at least 4 members (excludes halogenated alkanes) is 13. The summed E-state index contributed by atoms with van der Waals surface area (Å²) in [6.07, 6.45) is 12.6. The molecule has 2 aromatic heterocycles. The molecule has 0 aliphatic carbocycles. The van der Waals surface area contributed by atoms with E-state index in [1.165, 1.54) is 105 Å². The molecule has 17 heteroatoms. The average molecular weight is 803 g/mol. The van der Waals surface area contributed by atoms with Crippen molar-refractivity contribution < 1.29 is 47.3 Å². The Labute approximate surface area is 328 Å². The number of nitriles is 2. The van der Waals surface area contributed by atoms with Crippen LogP contribution in [-0.4, -0.2) is 80.5 Å². The second kappa shape index (κ2) is 23.0. The third kappa shape index (κ3) is 13.0. The van der Waals surface area contributed by atoms with E-state index in [-0.39, 0.29) is 30.3 Å². The standard InChI is InChI=1S/C39H56FN6O9P/c1-2-3-4-5-6-7-8-9-10-11-12-13-14-15-20-51-24-31(52-23-29-16-17-30(22-41)32(40)21-29)25-53-56(49,50)54-26-34-36(47)37(48)39(27-42,55-34)35-19-18-33-38(43)44-28-45-46(33)35/h16-19,21,28,31,34,36-37,47-48H,2-15,20,23-26H2,1H3,(H,49,50)(H2,43,44,45)/t31-,34-,36-,37-,39+/m1/s1. The van der Waals surface area contributed by atoms with E-state index in [0.29, 0.717) is 17.7 Å². The highest BCUT2D eigenvalue weighted by Crippen LogP contribution is 2.46. The van der Waals surface area contributed by atoms with Gasteiger partial charge in [0.15, 0.2) is 5.82 Å². The van der Waals surface area contributed by atoms with E-state index < -0.39 is 56.9 Å². The summed E-state index contributed by atoms with van der Waals surface area (Å²) in [4.78, 5) is 14.4.